The minimum atomic E-state index is -4.24. The van der Waals surface area contributed by atoms with Gasteiger partial charge in [0.05, 0.1) is 20.3 Å². The van der Waals surface area contributed by atoms with Crippen molar-refractivity contribution in [1.29, 1.82) is 0 Å². The van der Waals surface area contributed by atoms with Crippen LogP contribution in [0, 0.1) is 0 Å². The molecule has 2 heterocycles. The second-order valence-corrected chi connectivity index (χ2v) is 9.97. The number of thiazole rings is 1. The van der Waals surface area contributed by atoms with Crippen LogP contribution in [-0.2, 0) is 21.3 Å². The van der Waals surface area contributed by atoms with Crippen LogP contribution in [0.5, 0.6) is 5.75 Å². The van der Waals surface area contributed by atoms with Crippen LogP contribution in [0.3, 0.4) is 0 Å². The molecule has 2 aromatic heterocycles. The smallest absolute Gasteiger partial charge is 0.342 e. The van der Waals surface area contributed by atoms with E-state index in [0.717, 1.165) is 5.56 Å². The monoisotopic (exact) mass is 507 g/mol. The molecule has 4 rings (SSSR count). The van der Waals surface area contributed by atoms with E-state index in [2.05, 4.69) is 15.3 Å². The van der Waals surface area contributed by atoms with Crippen molar-refractivity contribution < 1.29 is 17.4 Å². The number of pyridine rings is 1. The molecule has 0 aliphatic heterocycles. The predicted molar refractivity (Wildman–Crippen MR) is 125 cm³/mol. The number of hydrogen-bond donors (Lipinski definition) is 1. The first kappa shape index (κ1) is 22.5. The summed E-state index contributed by atoms with van der Waals surface area (Å²) in [6, 6.07) is 12.7. The molecule has 0 fully saturated rings. The number of nitrogens with one attached hydrogen (secondary N) is 1. The van der Waals surface area contributed by atoms with Crippen LogP contribution in [0.4, 0.5) is 5.13 Å². The van der Waals surface area contributed by atoms with Gasteiger partial charge in [0.15, 0.2) is 5.13 Å². The van der Waals surface area contributed by atoms with Crippen molar-refractivity contribution in [3.8, 4) is 5.75 Å². The molecule has 1 amide bonds. The van der Waals surface area contributed by atoms with Gasteiger partial charge in [-0.15, -0.1) is 0 Å². The third kappa shape index (κ3) is 5.18. The van der Waals surface area contributed by atoms with Gasteiger partial charge in [-0.2, -0.15) is 8.42 Å². The highest BCUT2D eigenvalue weighted by molar-refractivity contribution is 7.87. The summed E-state index contributed by atoms with van der Waals surface area (Å²) < 4.78 is 31.2. The number of rotatable bonds is 7. The molecule has 0 bridgehead atoms. The van der Waals surface area contributed by atoms with Gasteiger partial charge in [-0.1, -0.05) is 46.7 Å². The summed E-state index contributed by atoms with van der Waals surface area (Å²) in [5.74, 6) is -0.105. The average molecular weight is 508 g/mol. The number of nitrogens with zero attached hydrogens (tertiary/aromatic N) is 2. The number of amides is 1. The molecule has 4 aromatic rings. The lowest BCUT2D eigenvalue weighted by Crippen LogP contribution is -2.12. The standard InChI is InChI=1S/C21H15Cl2N3O4S2/c22-15-4-1-5-16(23)20(15)32(28,29)30-14-7-8-17-18(11-14)31-21(25-17)26-19(27)9-6-13-3-2-10-24-12-13/h1-5,7-8,10-12H,6,9H2,(H,25,26,27). The van der Waals surface area contributed by atoms with E-state index in [4.69, 9.17) is 27.4 Å². The lowest BCUT2D eigenvalue weighted by atomic mass is 10.1. The van der Waals surface area contributed by atoms with Crippen LogP contribution in [0.2, 0.25) is 10.0 Å². The van der Waals surface area contributed by atoms with Gasteiger partial charge < -0.3 is 9.50 Å². The van der Waals surface area contributed by atoms with Gasteiger partial charge in [-0.05, 0) is 42.3 Å². The minimum Gasteiger partial charge on any atom is -0.379 e. The van der Waals surface area contributed by atoms with Crippen LogP contribution in [0.1, 0.15) is 12.0 Å². The molecule has 0 unspecified atom stereocenters. The van der Waals surface area contributed by atoms with Crippen LogP contribution in [-0.4, -0.2) is 24.3 Å². The summed E-state index contributed by atoms with van der Waals surface area (Å²) in [5, 5.41) is 3.10. The van der Waals surface area contributed by atoms with Crippen LogP contribution >= 0.6 is 34.5 Å². The SMILES string of the molecule is O=C(CCc1cccnc1)Nc1nc2ccc(OS(=O)(=O)c3c(Cl)cccc3Cl)cc2s1. The fourth-order valence-corrected chi connectivity index (χ4v) is 5.81. The Balaban J connectivity index is 1.47. The van der Waals surface area contributed by atoms with E-state index >= 15 is 0 Å². The Morgan fingerprint density at radius 2 is 1.88 bits per heavy atom. The van der Waals surface area contributed by atoms with Gasteiger partial charge >= 0.3 is 10.1 Å². The molecule has 0 aliphatic rings. The maximum atomic E-state index is 12.7. The number of carbonyl (C=O) groups is 1. The lowest BCUT2D eigenvalue weighted by molar-refractivity contribution is -0.116. The fourth-order valence-electron chi connectivity index (χ4n) is 2.89. The Morgan fingerprint density at radius 3 is 2.59 bits per heavy atom. The Labute approximate surface area is 198 Å². The number of benzene rings is 2. The molecular formula is C21H15Cl2N3O4S2. The molecule has 0 radical (unpaired) electrons. The van der Waals surface area contributed by atoms with Gasteiger partial charge in [0.2, 0.25) is 5.91 Å². The number of halogens is 2. The largest absolute Gasteiger partial charge is 0.379 e. The third-order valence-corrected chi connectivity index (χ3v) is 7.48. The molecule has 1 N–H and O–H groups in total. The minimum absolute atomic E-state index is 0.0346. The van der Waals surface area contributed by atoms with Crippen molar-refractivity contribution in [3.05, 3.63) is 76.5 Å². The molecule has 32 heavy (non-hydrogen) atoms. The van der Waals surface area contributed by atoms with Gasteiger partial charge in [-0.3, -0.25) is 9.78 Å². The molecule has 0 aliphatic carbocycles. The number of hydrogen-bond acceptors (Lipinski definition) is 7. The number of fused-ring (bicyclic) bond motifs is 1. The maximum Gasteiger partial charge on any atom is 0.342 e. The quantitative estimate of drug-likeness (QED) is 0.339. The molecule has 0 saturated carbocycles. The Hall–Kier alpha value is -2.72. The zero-order valence-corrected chi connectivity index (χ0v) is 19.4. The molecule has 2 aromatic carbocycles. The van der Waals surface area contributed by atoms with Gasteiger partial charge in [0.1, 0.15) is 10.6 Å². The normalized spacial score (nSPS) is 11.4. The van der Waals surface area contributed by atoms with Crippen molar-refractivity contribution in [2.24, 2.45) is 0 Å². The molecule has 0 spiro atoms. The highest BCUT2D eigenvalue weighted by atomic mass is 35.5. The van der Waals surface area contributed by atoms with Crippen molar-refractivity contribution in [1.82, 2.24) is 9.97 Å². The van der Waals surface area contributed by atoms with E-state index < -0.39 is 10.1 Å². The number of anilines is 1. The number of carbonyl (C=O) groups excluding carboxylic acids is 1. The van der Waals surface area contributed by atoms with Crippen molar-refractivity contribution in [3.63, 3.8) is 0 Å². The molecule has 0 saturated heterocycles. The van der Waals surface area contributed by atoms with Gasteiger partial charge in [0, 0.05) is 24.9 Å². The molecule has 7 nitrogen and oxygen atoms in total. The Morgan fingerprint density at radius 1 is 1.09 bits per heavy atom. The van der Waals surface area contributed by atoms with E-state index in [0.29, 0.717) is 21.8 Å². The van der Waals surface area contributed by atoms with Gasteiger partial charge in [-0.25, -0.2) is 4.98 Å². The molecular weight excluding hydrogens is 493 g/mol. The topological polar surface area (TPSA) is 98.2 Å². The first-order valence-corrected chi connectivity index (χ1v) is 12.3. The van der Waals surface area contributed by atoms with Crippen molar-refractivity contribution in [2.45, 2.75) is 17.7 Å². The van der Waals surface area contributed by atoms with Crippen LogP contribution in [0.25, 0.3) is 10.2 Å². The number of aromatic nitrogens is 2. The van der Waals surface area contributed by atoms with E-state index in [-0.39, 0.29) is 33.0 Å². The number of aryl methyl sites for hydroxylation is 1. The summed E-state index contributed by atoms with van der Waals surface area (Å²) in [6.45, 7) is 0. The Bertz CT molecular complexity index is 1370. The van der Waals surface area contributed by atoms with Crippen LogP contribution in [0.15, 0.2) is 65.8 Å². The van der Waals surface area contributed by atoms with Crippen molar-refractivity contribution >= 4 is 65.9 Å². The lowest BCUT2D eigenvalue weighted by Gasteiger charge is -2.09. The second-order valence-electron chi connectivity index (χ2n) is 6.65. The first-order valence-electron chi connectivity index (χ1n) is 9.30. The summed E-state index contributed by atoms with van der Waals surface area (Å²) in [7, 11) is -4.24. The average Bonchev–Trinajstić information content (AvgIpc) is 3.13. The summed E-state index contributed by atoms with van der Waals surface area (Å²) in [5.41, 5.74) is 1.56. The summed E-state index contributed by atoms with van der Waals surface area (Å²) in [4.78, 5) is 20.3. The zero-order chi connectivity index (χ0) is 22.7. The highest BCUT2D eigenvalue weighted by Gasteiger charge is 2.24. The third-order valence-electron chi connectivity index (χ3n) is 4.34. The maximum absolute atomic E-state index is 12.7. The van der Waals surface area contributed by atoms with Crippen LogP contribution < -0.4 is 9.50 Å². The molecule has 164 valence electrons. The molecule has 11 heteroatoms. The fraction of sp³-hybridized carbons (Fsp3) is 0.0952. The van der Waals surface area contributed by atoms with E-state index in [1.165, 1.54) is 35.6 Å². The summed E-state index contributed by atoms with van der Waals surface area (Å²) in [6.07, 6.45) is 4.24. The summed E-state index contributed by atoms with van der Waals surface area (Å²) >= 11 is 13.2. The second kappa shape index (κ2) is 9.41. The first-order chi connectivity index (χ1) is 15.3. The van der Waals surface area contributed by atoms with Crippen molar-refractivity contribution in [2.75, 3.05) is 5.32 Å². The molecule has 0 atom stereocenters. The predicted octanol–water partition coefficient (Wildman–Crippen LogP) is 5.34. The van der Waals surface area contributed by atoms with Gasteiger partial charge in [0.25, 0.3) is 0 Å². The van der Waals surface area contributed by atoms with E-state index in [1.54, 1.807) is 24.5 Å². The van der Waals surface area contributed by atoms with E-state index in [1.807, 2.05) is 12.1 Å². The highest BCUT2D eigenvalue weighted by Crippen LogP contribution is 2.34. The Kier molecular flexibility index (Phi) is 6.61. The zero-order valence-electron chi connectivity index (χ0n) is 16.3. The van der Waals surface area contributed by atoms with E-state index in [9.17, 15) is 13.2 Å².